The number of fused-ring (bicyclic) bond motifs is 1. The van der Waals surface area contributed by atoms with Crippen LogP contribution in [-0.4, -0.2) is 22.4 Å². The van der Waals surface area contributed by atoms with Gasteiger partial charge in [0.15, 0.2) is 0 Å². The molecule has 0 amide bonds. The summed E-state index contributed by atoms with van der Waals surface area (Å²) in [5, 5.41) is 9.92. The Hall–Kier alpha value is -0.0800. The highest BCUT2D eigenvalue weighted by atomic mass is 16.6. The van der Waals surface area contributed by atoms with E-state index in [9.17, 15) is 5.11 Å². The molecule has 0 spiro atoms. The van der Waals surface area contributed by atoms with Crippen molar-refractivity contribution in [3.63, 3.8) is 0 Å². The number of ether oxygens (including phenoxy) is 1. The molecule has 2 unspecified atom stereocenters. The molecule has 0 aromatic rings. The molecule has 76 valence electrons. The lowest BCUT2D eigenvalue weighted by molar-refractivity contribution is -0.00682. The monoisotopic (exact) mass is 184 g/mol. The second-order valence-corrected chi connectivity index (χ2v) is 5.51. The van der Waals surface area contributed by atoms with E-state index in [1.165, 1.54) is 0 Å². The summed E-state index contributed by atoms with van der Waals surface area (Å²) in [7, 11) is 0. The Labute approximate surface area is 80.3 Å². The third kappa shape index (κ3) is 1.40. The first-order valence-corrected chi connectivity index (χ1v) is 5.24. The van der Waals surface area contributed by atoms with Crippen molar-refractivity contribution in [2.45, 2.75) is 57.8 Å². The van der Waals surface area contributed by atoms with Gasteiger partial charge in [-0.3, -0.25) is 0 Å². The maximum atomic E-state index is 9.92. The van der Waals surface area contributed by atoms with Crippen LogP contribution in [0.15, 0.2) is 0 Å². The summed E-state index contributed by atoms with van der Waals surface area (Å²) < 4.78 is 5.69. The van der Waals surface area contributed by atoms with Gasteiger partial charge in [0.25, 0.3) is 0 Å². The predicted octanol–water partition coefficient (Wildman–Crippen LogP) is 1.96. The first-order chi connectivity index (χ1) is 5.84. The first kappa shape index (κ1) is 9.47. The van der Waals surface area contributed by atoms with Gasteiger partial charge in [0.1, 0.15) is 0 Å². The fourth-order valence-electron chi connectivity index (χ4n) is 2.58. The Morgan fingerprint density at radius 1 is 1.38 bits per heavy atom. The smallest absolute Gasteiger partial charge is 0.0946 e. The van der Waals surface area contributed by atoms with Crippen molar-refractivity contribution < 1.29 is 9.84 Å². The fraction of sp³-hybridized carbons (Fsp3) is 1.00. The summed E-state index contributed by atoms with van der Waals surface area (Å²) in [6.45, 7) is 8.26. The van der Waals surface area contributed by atoms with Gasteiger partial charge in [0.05, 0.1) is 17.3 Å². The van der Waals surface area contributed by atoms with E-state index in [1.807, 2.05) is 13.8 Å². The van der Waals surface area contributed by atoms with Gasteiger partial charge in [0, 0.05) is 0 Å². The van der Waals surface area contributed by atoms with Gasteiger partial charge in [-0.1, -0.05) is 6.92 Å². The predicted molar refractivity (Wildman–Crippen MR) is 51.5 cm³/mol. The lowest BCUT2D eigenvalue weighted by Gasteiger charge is -2.35. The molecule has 1 saturated carbocycles. The average molecular weight is 184 g/mol. The van der Waals surface area contributed by atoms with Gasteiger partial charge in [0.2, 0.25) is 0 Å². The van der Waals surface area contributed by atoms with E-state index in [1.54, 1.807) is 0 Å². The maximum absolute atomic E-state index is 9.92. The highest BCUT2D eigenvalue weighted by Crippen LogP contribution is 2.54. The molecule has 2 heteroatoms. The lowest BCUT2D eigenvalue weighted by Crippen LogP contribution is -2.40. The summed E-state index contributed by atoms with van der Waals surface area (Å²) in [5.41, 5.74) is -0.400. The molecule has 1 aliphatic heterocycles. The summed E-state index contributed by atoms with van der Waals surface area (Å²) in [6, 6.07) is 0. The average Bonchev–Trinajstić information content (AvgIpc) is 2.60. The van der Waals surface area contributed by atoms with Gasteiger partial charge in [-0.2, -0.15) is 0 Å². The number of hydrogen-bond acceptors (Lipinski definition) is 2. The molecule has 0 bridgehead atoms. The summed E-state index contributed by atoms with van der Waals surface area (Å²) in [4.78, 5) is 0. The Balaban J connectivity index is 2.06. The van der Waals surface area contributed by atoms with Gasteiger partial charge in [-0.25, -0.2) is 0 Å². The molecule has 0 radical (unpaired) electrons. The van der Waals surface area contributed by atoms with Crippen LogP contribution in [0.4, 0.5) is 0 Å². The van der Waals surface area contributed by atoms with Crippen molar-refractivity contribution in [3.05, 3.63) is 0 Å². The van der Waals surface area contributed by atoms with Gasteiger partial charge in [-0.15, -0.1) is 0 Å². The normalized spacial score (nSPS) is 50.1. The van der Waals surface area contributed by atoms with Crippen molar-refractivity contribution in [2.75, 3.05) is 0 Å². The van der Waals surface area contributed by atoms with Crippen LogP contribution in [0, 0.1) is 11.8 Å². The minimum absolute atomic E-state index is 0.141. The molecule has 1 aliphatic carbocycles. The highest BCUT2D eigenvalue weighted by Gasteiger charge is 2.60. The van der Waals surface area contributed by atoms with Crippen LogP contribution in [0.5, 0.6) is 0 Å². The Bertz CT molecular complexity index is 219. The van der Waals surface area contributed by atoms with Gasteiger partial charge >= 0.3 is 0 Å². The Morgan fingerprint density at radius 2 is 2.00 bits per heavy atom. The Kier molecular flexibility index (Phi) is 1.81. The van der Waals surface area contributed by atoms with E-state index in [0.717, 1.165) is 12.8 Å². The molecular formula is C11H20O2. The van der Waals surface area contributed by atoms with E-state index >= 15 is 0 Å². The second-order valence-electron chi connectivity index (χ2n) is 5.51. The van der Waals surface area contributed by atoms with Crippen LogP contribution in [0.3, 0.4) is 0 Å². The summed E-state index contributed by atoms with van der Waals surface area (Å²) in [6.07, 6.45) is 2.54. The zero-order chi connectivity index (χ0) is 9.85. The molecular weight excluding hydrogens is 164 g/mol. The molecule has 2 aliphatic rings. The first-order valence-electron chi connectivity index (χ1n) is 5.24. The van der Waals surface area contributed by atoms with E-state index in [-0.39, 0.29) is 5.60 Å². The van der Waals surface area contributed by atoms with Crippen LogP contribution in [0.1, 0.15) is 40.5 Å². The number of aliphatic hydroxyl groups is 1. The number of epoxide rings is 1. The van der Waals surface area contributed by atoms with Crippen molar-refractivity contribution in [1.29, 1.82) is 0 Å². The highest BCUT2D eigenvalue weighted by molar-refractivity contribution is 5.08. The number of rotatable bonds is 1. The maximum Gasteiger partial charge on any atom is 0.0946 e. The largest absolute Gasteiger partial charge is 0.390 e. The van der Waals surface area contributed by atoms with Crippen molar-refractivity contribution in [1.82, 2.24) is 0 Å². The van der Waals surface area contributed by atoms with Crippen LogP contribution < -0.4 is 0 Å². The number of hydrogen-bond donors (Lipinski definition) is 1. The summed E-state index contributed by atoms with van der Waals surface area (Å²) >= 11 is 0. The lowest BCUT2D eigenvalue weighted by atomic mass is 9.70. The topological polar surface area (TPSA) is 32.8 Å². The molecule has 0 aromatic heterocycles. The van der Waals surface area contributed by atoms with E-state index < -0.39 is 5.60 Å². The summed E-state index contributed by atoms with van der Waals surface area (Å²) in [5.74, 6) is 0.991. The molecule has 2 nitrogen and oxygen atoms in total. The second kappa shape index (κ2) is 2.48. The fourth-order valence-corrected chi connectivity index (χ4v) is 2.58. The molecule has 0 aromatic carbocycles. The van der Waals surface area contributed by atoms with E-state index in [0.29, 0.717) is 17.9 Å². The molecule has 13 heavy (non-hydrogen) atoms. The zero-order valence-electron chi connectivity index (χ0n) is 9.00. The van der Waals surface area contributed by atoms with Crippen LogP contribution in [0.25, 0.3) is 0 Å². The van der Waals surface area contributed by atoms with Gasteiger partial charge < -0.3 is 9.84 Å². The van der Waals surface area contributed by atoms with Crippen molar-refractivity contribution >= 4 is 0 Å². The third-order valence-electron chi connectivity index (χ3n) is 4.09. The van der Waals surface area contributed by atoms with Gasteiger partial charge in [-0.05, 0) is 45.4 Å². The van der Waals surface area contributed by atoms with E-state index in [4.69, 9.17) is 4.74 Å². The molecule has 1 N–H and O–H groups in total. The SMILES string of the molecule is CC1C[C@@H](C(C)(C)O)CC2O[C@@]12C. The third-order valence-corrected chi connectivity index (χ3v) is 4.09. The molecule has 4 atom stereocenters. The van der Waals surface area contributed by atoms with Crippen LogP contribution in [-0.2, 0) is 4.74 Å². The molecule has 2 rings (SSSR count). The molecule has 1 heterocycles. The Morgan fingerprint density at radius 3 is 2.46 bits per heavy atom. The van der Waals surface area contributed by atoms with Crippen molar-refractivity contribution in [2.24, 2.45) is 11.8 Å². The van der Waals surface area contributed by atoms with Crippen LogP contribution >= 0.6 is 0 Å². The minimum Gasteiger partial charge on any atom is -0.390 e. The molecule has 2 fully saturated rings. The quantitative estimate of drug-likeness (QED) is 0.632. The van der Waals surface area contributed by atoms with Crippen LogP contribution in [0.2, 0.25) is 0 Å². The standard InChI is InChI=1S/C11H20O2/c1-7-5-8(10(2,3)12)6-9-11(7,4)13-9/h7-9,12H,5-6H2,1-4H3/t7?,8-,9?,11+/m1/s1. The zero-order valence-corrected chi connectivity index (χ0v) is 9.00. The molecule has 1 saturated heterocycles. The van der Waals surface area contributed by atoms with Crippen molar-refractivity contribution in [3.8, 4) is 0 Å². The minimum atomic E-state index is -0.540. The van der Waals surface area contributed by atoms with E-state index in [2.05, 4.69) is 13.8 Å².